The first-order valence-electron chi connectivity index (χ1n) is 8.33. The smallest absolute Gasteiger partial charge is 0.420 e. The summed E-state index contributed by atoms with van der Waals surface area (Å²) in [5.74, 6) is 0.124. The lowest BCUT2D eigenvalue weighted by Gasteiger charge is -2.32. The number of fused-ring (bicyclic) bond motifs is 1. The zero-order chi connectivity index (χ0) is 18.2. The quantitative estimate of drug-likeness (QED) is 0.707. The average Bonchev–Trinajstić information content (AvgIpc) is 2.97. The minimum Gasteiger partial charge on any atom is -0.443 e. The summed E-state index contributed by atoms with van der Waals surface area (Å²) in [5.41, 5.74) is 1.03. The van der Waals surface area contributed by atoms with Crippen LogP contribution in [-0.4, -0.2) is 34.3 Å². The Morgan fingerprint density at radius 2 is 2.08 bits per heavy atom. The number of aromatic nitrogens is 2. The number of piperidine rings is 1. The number of rotatable bonds is 1. The highest BCUT2D eigenvalue weighted by Gasteiger charge is 2.25. The minimum atomic E-state index is -0.564. The molecule has 0 spiro atoms. The van der Waals surface area contributed by atoms with Gasteiger partial charge in [0.15, 0.2) is 5.65 Å². The predicted octanol–water partition coefficient (Wildman–Crippen LogP) is 4.32. The molecule has 132 valence electrons. The van der Waals surface area contributed by atoms with Gasteiger partial charge in [-0.1, -0.05) is 0 Å². The Morgan fingerprint density at radius 1 is 1.40 bits per heavy atom. The second-order valence-electron chi connectivity index (χ2n) is 7.25. The van der Waals surface area contributed by atoms with E-state index in [1.54, 1.807) is 12.4 Å². The largest absolute Gasteiger partial charge is 0.443 e. The first kappa shape index (κ1) is 17.7. The van der Waals surface area contributed by atoms with Crippen LogP contribution in [0.15, 0.2) is 22.9 Å². The Morgan fingerprint density at radius 3 is 2.68 bits per heavy atom. The summed E-state index contributed by atoms with van der Waals surface area (Å²) in [4.78, 5) is 19.1. The first-order valence-corrected chi connectivity index (χ1v) is 9.13. The van der Waals surface area contributed by atoms with Gasteiger partial charge in [-0.25, -0.2) is 14.3 Å². The molecule has 0 bridgehead atoms. The number of carbonyl (C=O) groups is 1. The van der Waals surface area contributed by atoms with Crippen LogP contribution >= 0.6 is 15.9 Å². The number of ether oxygens (including phenoxy) is 1. The monoisotopic (exact) mass is 404 g/mol. The Kier molecular flexibility index (Phi) is 4.74. The van der Waals surface area contributed by atoms with Gasteiger partial charge in [-0.2, -0.15) is 5.26 Å². The van der Waals surface area contributed by atoms with Gasteiger partial charge in [0.1, 0.15) is 5.60 Å². The van der Waals surface area contributed by atoms with E-state index in [4.69, 9.17) is 10.00 Å². The van der Waals surface area contributed by atoms with Crippen LogP contribution in [0.4, 0.5) is 10.5 Å². The summed E-state index contributed by atoms with van der Waals surface area (Å²) in [6, 6.07) is 4.24. The molecule has 0 aliphatic carbocycles. The van der Waals surface area contributed by atoms with Gasteiger partial charge in [0.2, 0.25) is 0 Å². The van der Waals surface area contributed by atoms with Crippen molar-refractivity contribution < 1.29 is 9.53 Å². The maximum absolute atomic E-state index is 12.4. The number of carbonyl (C=O) groups excluding carboxylic acids is 1. The zero-order valence-electron chi connectivity index (χ0n) is 14.6. The Hall–Kier alpha value is -2.07. The first-order chi connectivity index (χ1) is 11.8. The molecule has 3 heterocycles. The predicted molar refractivity (Wildman–Crippen MR) is 99.6 cm³/mol. The normalized spacial score (nSPS) is 16.0. The summed E-state index contributed by atoms with van der Waals surface area (Å²) in [5, 5.41) is 9.99. The second-order valence-corrected chi connectivity index (χ2v) is 8.10. The van der Waals surface area contributed by atoms with Crippen molar-refractivity contribution in [2.75, 3.05) is 18.0 Å². The van der Waals surface area contributed by atoms with Gasteiger partial charge in [-0.05, 0) is 55.6 Å². The number of pyridine rings is 1. The third-order valence-corrected chi connectivity index (χ3v) is 4.81. The Bertz CT molecular complexity index is 839. The summed E-state index contributed by atoms with van der Waals surface area (Å²) >= 11 is 3.59. The SMILES string of the molecule is CC(C)(C)OC(=O)n1ccc2c(N3CCC(C#N)CC3)c(Br)cnc21. The molecule has 25 heavy (non-hydrogen) atoms. The highest BCUT2D eigenvalue weighted by atomic mass is 79.9. The highest BCUT2D eigenvalue weighted by molar-refractivity contribution is 9.10. The molecule has 6 nitrogen and oxygen atoms in total. The lowest BCUT2D eigenvalue weighted by molar-refractivity contribution is 0.0543. The lowest BCUT2D eigenvalue weighted by atomic mass is 9.98. The molecule has 0 radical (unpaired) electrons. The van der Waals surface area contributed by atoms with E-state index >= 15 is 0 Å². The fraction of sp³-hybridized carbons (Fsp3) is 0.500. The van der Waals surface area contributed by atoms with Gasteiger partial charge in [-0.3, -0.25) is 0 Å². The third-order valence-electron chi connectivity index (χ3n) is 4.22. The molecule has 0 saturated carbocycles. The van der Waals surface area contributed by atoms with Crippen molar-refractivity contribution in [2.24, 2.45) is 5.92 Å². The molecule has 0 amide bonds. The third kappa shape index (κ3) is 3.64. The molecule has 7 heteroatoms. The topological polar surface area (TPSA) is 71.2 Å². The van der Waals surface area contributed by atoms with Crippen LogP contribution < -0.4 is 4.90 Å². The van der Waals surface area contributed by atoms with Gasteiger partial charge in [0, 0.05) is 36.8 Å². The molecule has 0 N–H and O–H groups in total. The van der Waals surface area contributed by atoms with Crippen molar-refractivity contribution in [3.05, 3.63) is 22.9 Å². The van der Waals surface area contributed by atoms with E-state index in [1.807, 2.05) is 26.8 Å². The van der Waals surface area contributed by atoms with Crippen LogP contribution in [0.3, 0.4) is 0 Å². The molecule has 1 aliphatic heterocycles. The highest BCUT2D eigenvalue weighted by Crippen LogP contribution is 2.36. The Labute approximate surface area is 155 Å². The molecular weight excluding hydrogens is 384 g/mol. The van der Waals surface area contributed by atoms with Crippen LogP contribution in [-0.2, 0) is 4.74 Å². The number of nitriles is 1. The fourth-order valence-corrected chi connectivity index (χ4v) is 3.63. The number of halogens is 1. The van der Waals surface area contributed by atoms with Crippen LogP contribution in [0.5, 0.6) is 0 Å². The van der Waals surface area contributed by atoms with Crippen molar-refractivity contribution in [1.29, 1.82) is 5.26 Å². The van der Waals surface area contributed by atoms with E-state index in [0.29, 0.717) is 5.65 Å². The summed E-state index contributed by atoms with van der Waals surface area (Å²) in [6.45, 7) is 7.14. The molecule has 1 aliphatic rings. The summed E-state index contributed by atoms with van der Waals surface area (Å²) < 4.78 is 7.79. The van der Waals surface area contributed by atoms with Gasteiger partial charge in [-0.15, -0.1) is 0 Å². The van der Waals surface area contributed by atoms with E-state index < -0.39 is 11.7 Å². The molecule has 0 aromatic carbocycles. The van der Waals surface area contributed by atoms with Crippen molar-refractivity contribution in [2.45, 2.75) is 39.2 Å². The molecule has 1 fully saturated rings. The van der Waals surface area contributed by atoms with Crippen LogP contribution in [0.2, 0.25) is 0 Å². The molecule has 2 aromatic heterocycles. The zero-order valence-corrected chi connectivity index (χ0v) is 16.2. The van der Waals surface area contributed by atoms with E-state index in [1.165, 1.54) is 4.57 Å². The molecule has 0 unspecified atom stereocenters. The van der Waals surface area contributed by atoms with Crippen molar-refractivity contribution in [3.63, 3.8) is 0 Å². The van der Waals surface area contributed by atoms with Crippen molar-refractivity contribution in [1.82, 2.24) is 9.55 Å². The number of anilines is 1. The van der Waals surface area contributed by atoms with Gasteiger partial charge < -0.3 is 9.64 Å². The van der Waals surface area contributed by atoms with E-state index in [9.17, 15) is 4.79 Å². The van der Waals surface area contributed by atoms with Gasteiger partial charge in [0.25, 0.3) is 0 Å². The molecular formula is C18H21BrN4O2. The fourth-order valence-electron chi connectivity index (χ4n) is 3.06. The summed E-state index contributed by atoms with van der Waals surface area (Å²) in [7, 11) is 0. The van der Waals surface area contributed by atoms with Gasteiger partial charge in [0.05, 0.1) is 16.2 Å². The van der Waals surface area contributed by atoms with Crippen molar-refractivity contribution in [3.8, 4) is 6.07 Å². The Balaban J connectivity index is 1.97. The number of hydrogen-bond acceptors (Lipinski definition) is 5. The van der Waals surface area contributed by atoms with Crippen LogP contribution in [0.25, 0.3) is 11.0 Å². The molecule has 2 aromatic rings. The maximum Gasteiger partial charge on any atom is 0.420 e. The van der Waals surface area contributed by atoms with E-state index in [0.717, 1.165) is 41.5 Å². The standard InChI is InChI=1S/C18H21BrN4O2/c1-18(2,3)25-17(24)23-9-6-13-15(14(19)11-21-16(13)23)22-7-4-12(10-20)5-8-22/h6,9,11-12H,4-5,7-8H2,1-3H3. The lowest BCUT2D eigenvalue weighted by Crippen LogP contribution is -2.33. The number of hydrogen-bond donors (Lipinski definition) is 0. The maximum atomic E-state index is 12.4. The minimum absolute atomic E-state index is 0.124. The average molecular weight is 405 g/mol. The van der Waals surface area contributed by atoms with Crippen LogP contribution in [0, 0.1) is 17.2 Å². The van der Waals surface area contributed by atoms with Crippen LogP contribution in [0.1, 0.15) is 33.6 Å². The molecule has 0 atom stereocenters. The number of nitrogens with zero attached hydrogens (tertiary/aromatic N) is 4. The second kappa shape index (κ2) is 6.68. The van der Waals surface area contributed by atoms with E-state index in [2.05, 4.69) is 31.9 Å². The van der Waals surface area contributed by atoms with Gasteiger partial charge >= 0.3 is 6.09 Å². The summed E-state index contributed by atoms with van der Waals surface area (Å²) in [6.07, 6.45) is 4.67. The van der Waals surface area contributed by atoms with Crippen molar-refractivity contribution >= 4 is 38.7 Å². The van der Waals surface area contributed by atoms with E-state index in [-0.39, 0.29) is 5.92 Å². The molecule has 3 rings (SSSR count). The molecule has 1 saturated heterocycles.